The summed E-state index contributed by atoms with van der Waals surface area (Å²) in [5.41, 5.74) is -0.354. The second kappa shape index (κ2) is 6.73. The number of fused-ring (bicyclic) bond motifs is 2. The van der Waals surface area contributed by atoms with Gasteiger partial charge in [0.1, 0.15) is 12.2 Å². The summed E-state index contributed by atoms with van der Waals surface area (Å²) in [4.78, 5) is 11.9. The fraction of sp³-hybridized carbons (Fsp3) is 0.611. The van der Waals surface area contributed by atoms with Crippen LogP contribution in [0.2, 0.25) is 0 Å². The molecule has 7 atom stereocenters. The number of halogens is 3. The molecule has 1 N–H and O–H groups in total. The van der Waals surface area contributed by atoms with Crippen LogP contribution in [0.1, 0.15) is 24.3 Å². The van der Waals surface area contributed by atoms with Crippen molar-refractivity contribution in [3.63, 3.8) is 0 Å². The SMILES string of the molecule is CCOC(=O)C1C2[C@@H]1O[C@@H]1COC(c3ccc(C(F)(F)F)cc3)O[C@H]1[C@@H]2O. The topological polar surface area (TPSA) is 74.2 Å². The second-order valence-corrected chi connectivity index (χ2v) is 6.87. The van der Waals surface area contributed by atoms with Gasteiger partial charge in [-0.05, 0) is 19.1 Å². The van der Waals surface area contributed by atoms with E-state index in [1.54, 1.807) is 6.92 Å². The van der Waals surface area contributed by atoms with Crippen LogP contribution in [0, 0.1) is 11.8 Å². The molecular formula is C18H19F3O6. The molecule has 148 valence electrons. The molecule has 3 fully saturated rings. The van der Waals surface area contributed by atoms with E-state index in [-0.39, 0.29) is 13.2 Å². The van der Waals surface area contributed by atoms with Gasteiger partial charge in [0.2, 0.25) is 0 Å². The average Bonchev–Trinajstić information content (AvgIpc) is 3.36. The van der Waals surface area contributed by atoms with E-state index in [4.69, 9.17) is 18.9 Å². The summed E-state index contributed by atoms with van der Waals surface area (Å²) in [7, 11) is 0. The second-order valence-electron chi connectivity index (χ2n) is 6.87. The molecule has 0 spiro atoms. The van der Waals surface area contributed by atoms with Crippen molar-refractivity contribution in [2.45, 2.75) is 43.8 Å². The van der Waals surface area contributed by atoms with E-state index in [1.807, 2.05) is 0 Å². The third-order valence-corrected chi connectivity index (χ3v) is 5.20. The number of hydrogen-bond acceptors (Lipinski definition) is 6. The van der Waals surface area contributed by atoms with E-state index in [1.165, 1.54) is 12.1 Å². The third-order valence-electron chi connectivity index (χ3n) is 5.20. The van der Waals surface area contributed by atoms with Crippen LogP contribution < -0.4 is 0 Å². The first-order chi connectivity index (χ1) is 12.8. The minimum atomic E-state index is -4.42. The minimum absolute atomic E-state index is 0.103. The summed E-state index contributed by atoms with van der Waals surface area (Å²) in [6, 6.07) is 4.47. The number of benzene rings is 1. The monoisotopic (exact) mass is 388 g/mol. The first-order valence-electron chi connectivity index (χ1n) is 8.75. The van der Waals surface area contributed by atoms with Crippen molar-refractivity contribution in [3.8, 4) is 0 Å². The lowest BCUT2D eigenvalue weighted by molar-refractivity contribution is -0.300. The van der Waals surface area contributed by atoms with Crippen LogP contribution in [-0.2, 0) is 29.9 Å². The van der Waals surface area contributed by atoms with Gasteiger partial charge in [0.15, 0.2) is 6.29 Å². The van der Waals surface area contributed by atoms with Crippen molar-refractivity contribution in [2.24, 2.45) is 11.8 Å². The number of alkyl halides is 3. The number of carbonyl (C=O) groups is 1. The van der Waals surface area contributed by atoms with Gasteiger partial charge in [0.25, 0.3) is 0 Å². The molecular weight excluding hydrogens is 369 g/mol. The summed E-state index contributed by atoms with van der Waals surface area (Å²) in [6.45, 7) is 2.05. The highest BCUT2D eigenvalue weighted by atomic mass is 19.4. The highest BCUT2D eigenvalue weighted by Gasteiger charge is 2.67. The Morgan fingerprint density at radius 1 is 1.22 bits per heavy atom. The molecule has 0 bridgehead atoms. The molecule has 2 saturated heterocycles. The van der Waals surface area contributed by atoms with E-state index < -0.39 is 60.3 Å². The van der Waals surface area contributed by atoms with E-state index in [0.717, 1.165) is 12.1 Å². The number of esters is 1. The Labute approximate surface area is 153 Å². The number of hydrogen-bond donors (Lipinski definition) is 1. The first-order valence-corrected chi connectivity index (χ1v) is 8.75. The van der Waals surface area contributed by atoms with Crippen LogP contribution in [-0.4, -0.2) is 48.7 Å². The summed E-state index contributed by atoms with van der Waals surface area (Å²) < 4.78 is 60.2. The number of aliphatic hydroxyl groups excluding tert-OH is 1. The molecule has 3 aliphatic rings. The van der Waals surface area contributed by atoms with Crippen LogP contribution in [0.4, 0.5) is 13.2 Å². The Bertz CT molecular complexity index is 706. The lowest BCUT2D eigenvalue weighted by Gasteiger charge is -2.41. The van der Waals surface area contributed by atoms with Gasteiger partial charge in [-0.25, -0.2) is 0 Å². The van der Waals surface area contributed by atoms with Crippen LogP contribution >= 0.6 is 0 Å². The quantitative estimate of drug-likeness (QED) is 0.799. The largest absolute Gasteiger partial charge is 0.466 e. The fourth-order valence-electron chi connectivity index (χ4n) is 3.81. The molecule has 4 rings (SSSR count). The van der Waals surface area contributed by atoms with Crippen molar-refractivity contribution in [3.05, 3.63) is 35.4 Å². The summed E-state index contributed by atoms with van der Waals surface area (Å²) in [5.74, 6) is -1.35. The van der Waals surface area contributed by atoms with Gasteiger partial charge < -0.3 is 24.1 Å². The number of rotatable bonds is 3. The predicted molar refractivity (Wildman–Crippen MR) is 83.3 cm³/mol. The zero-order valence-corrected chi connectivity index (χ0v) is 14.4. The van der Waals surface area contributed by atoms with Gasteiger partial charge in [-0.1, -0.05) is 12.1 Å². The summed E-state index contributed by atoms with van der Waals surface area (Å²) in [5, 5.41) is 10.6. The Morgan fingerprint density at radius 3 is 2.56 bits per heavy atom. The van der Waals surface area contributed by atoms with Gasteiger partial charge in [-0.3, -0.25) is 4.79 Å². The predicted octanol–water partition coefficient (Wildman–Crippen LogP) is 2.06. The molecule has 0 amide bonds. The van der Waals surface area contributed by atoms with E-state index in [0.29, 0.717) is 5.56 Å². The molecule has 1 saturated carbocycles. The van der Waals surface area contributed by atoms with Gasteiger partial charge in [-0.2, -0.15) is 13.2 Å². The van der Waals surface area contributed by atoms with Gasteiger partial charge in [-0.15, -0.1) is 0 Å². The number of ether oxygens (including phenoxy) is 4. The highest BCUT2D eigenvalue weighted by Crippen LogP contribution is 2.52. The van der Waals surface area contributed by atoms with Crippen molar-refractivity contribution >= 4 is 5.97 Å². The smallest absolute Gasteiger partial charge is 0.416 e. The van der Waals surface area contributed by atoms with Crippen LogP contribution in [0.15, 0.2) is 24.3 Å². The van der Waals surface area contributed by atoms with Crippen molar-refractivity contribution in [1.29, 1.82) is 0 Å². The van der Waals surface area contributed by atoms with Gasteiger partial charge >= 0.3 is 12.1 Å². The maximum absolute atomic E-state index is 12.7. The maximum Gasteiger partial charge on any atom is 0.416 e. The average molecular weight is 388 g/mol. The molecule has 27 heavy (non-hydrogen) atoms. The van der Waals surface area contributed by atoms with Crippen LogP contribution in [0.5, 0.6) is 0 Å². The van der Waals surface area contributed by atoms with E-state index >= 15 is 0 Å². The molecule has 1 aliphatic carbocycles. The van der Waals surface area contributed by atoms with E-state index in [2.05, 4.69) is 0 Å². The molecule has 0 radical (unpaired) electrons. The lowest BCUT2D eigenvalue weighted by atomic mass is 9.99. The standard InChI is InChI=1S/C18H19F3O6/c1-2-24-16(23)12-11-13(22)14-10(26-15(11)12)7-25-17(27-14)8-3-5-9(6-4-8)18(19,20)21/h3-6,10-15,17,22H,2,7H2,1H3/t10-,11?,12?,13-,14-,15+,17?/m1/s1. The van der Waals surface area contributed by atoms with Gasteiger partial charge in [0, 0.05) is 11.5 Å². The number of aliphatic hydroxyl groups is 1. The normalized spacial score (nSPS) is 37.9. The Morgan fingerprint density at radius 2 is 1.93 bits per heavy atom. The molecule has 1 aromatic carbocycles. The molecule has 2 aliphatic heterocycles. The summed E-state index contributed by atoms with van der Waals surface area (Å²) in [6.07, 6.45) is -7.98. The first kappa shape index (κ1) is 18.7. The highest BCUT2D eigenvalue weighted by molar-refractivity contribution is 5.77. The zero-order valence-electron chi connectivity index (χ0n) is 14.4. The third kappa shape index (κ3) is 3.33. The fourth-order valence-corrected chi connectivity index (χ4v) is 3.81. The molecule has 9 heteroatoms. The Kier molecular flexibility index (Phi) is 4.66. The Hall–Kier alpha value is -1.68. The minimum Gasteiger partial charge on any atom is -0.466 e. The number of carbonyl (C=O) groups excluding carboxylic acids is 1. The van der Waals surface area contributed by atoms with Crippen molar-refractivity contribution in [1.82, 2.24) is 0 Å². The molecule has 3 unspecified atom stereocenters. The molecule has 6 nitrogen and oxygen atoms in total. The lowest BCUT2D eigenvalue weighted by Crippen LogP contribution is -2.53. The van der Waals surface area contributed by atoms with Crippen LogP contribution in [0.3, 0.4) is 0 Å². The van der Waals surface area contributed by atoms with Crippen LogP contribution in [0.25, 0.3) is 0 Å². The van der Waals surface area contributed by atoms with Crippen molar-refractivity contribution < 1.29 is 42.0 Å². The molecule has 1 aromatic rings. The molecule has 2 heterocycles. The van der Waals surface area contributed by atoms with E-state index in [9.17, 15) is 23.1 Å². The summed E-state index contributed by atoms with van der Waals surface area (Å²) >= 11 is 0. The zero-order chi connectivity index (χ0) is 19.3. The molecule has 0 aromatic heterocycles. The van der Waals surface area contributed by atoms with Crippen molar-refractivity contribution in [2.75, 3.05) is 13.2 Å². The van der Waals surface area contributed by atoms with Gasteiger partial charge in [0.05, 0.1) is 36.9 Å². The maximum atomic E-state index is 12.7. The Balaban J connectivity index is 1.45.